The highest BCUT2D eigenvalue weighted by Crippen LogP contribution is 2.34. The summed E-state index contributed by atoms with van der Waals surface area (Å²) in [6.07, 6.45) is 3.11. The van der Waals surface area contributed by atoms with Gasteiger partial charge in [0.15, 0.2) is 0 Å². The van der Waals surface area contributed by atoms with E-state index in [0.717, 1.165) is 31.2 Å². The summed E-state index contributed by atoms with van der Waals surface area (Å²) in [6, 6.07) is 19.9. The van der Waals surface area contributed by atoms with Gasteiger partial charge in [-0.05, 0) is 74.3 Å². The van der Waals surface area contributed by atoms with Gasteiger partial charge in [-0.3, -0.25) is 14.5 Å². The van der Waals surface area contributed by atoms with Crippen LogP contribution in [0.15, 0.2) is 77.8 Å². The summed E-state index contributed by atoms with van der Waals surface area (Å²) in [6.45, 7) is 3.04. The molecule has 1 saturated carbocycles. The predicted molar refractivity (Wildman–Crippen MR) is 160 cm³/mol. The van der Waals surface area contributed by atoms with Crippen molar-refractivity contribution in [2.75, 3.05) is 29.9 Å². The molecule has 0 aromatic heterocycles. The van der Waals surface area contributed by atoms with Crippen molar-refractivity contribution in [2.24, 2.45) is 16.8 Å². The van der Waals surface area contributed by atoms with Gasteiger partial charge in [-0.1, -0.05) is 48.5 Å². The molecule has 9 heteroatoms. The topological polar surface area (TPSA) is 94.1 Å². The molecule has 4 amide bonds. The predicted octanol–water partition coefficient (Wildman–Crippen LogP) is 5.11. The lowest BCUT2D eigenvalue weighted by molar-refractivity contribution is -0.132. The summed E-state index contributed by atoms with van der Waals surface area (Å²) in [5.41, 5.74) is 2.80. The Morgan fingerprint density at radius 1 is 0.881 bits per heavy atom. The average molecular weight is 568 g/mol. The van der Waals surface area contributed by atoms with Crippen LogP contribution in [0.1, 0.15) is 42.4 Å². The van der Waals surface area contributed by atoms with Crippen LogP contribution in [0, 0.1) is 24.6 Å². The Morgan fingerprint density at radius 2 is 1.50 bits per heavy atom. The minimum absolute atomic E-state index is 0.144. The molecule has 4 aliphatic rings. The van der Waals surface area contributed by atoms with Gasteiger partial charge >= 0.3 is 6.03 Å². The van der Waals surface area contributed by atoms with E-state index >= 15 is 4.39 Å². The molecule has 2 N–H and O–H groups in total. The zero-order chi connectivity index (χ0) is 29.2. The Hall–Kier alpha value is -4.53. The molecule has 3 aromatic carbocycles. The molecule has 1 aliphatic carbocycles. The van der Waals surface area contributed by atoms with Crippen molar-refractivity contribution in [1.29, 1.82) is 0 Å². The Balaban J connectivity index is 1.36. The highest BCUT2D eigenvalue weighted by Gasteiger charge is 2.37. The molecule has 0 radical (unpaired) electrons. The van der Waals surface area contributed by atoms with Crippen molar-refractivity contribution in [2.45, 2.75) is 38.8 Å². The van der Waals surface area contributed by atoms with E-state index in [9.17, 15) is 14.4 Å². The third-order valence-corrected chi connectivity index (χ3v) is 8.57. The molecule has 8 nitrogen and oxygen atoms in total. The second-order valence-corrected chi connectivity index (χ2v) is 11.4. The third-order valence-electron chi connectivity index (χ3n) is 8.57. The van der Waals surface area contributed by atoms with Crippen molar-refractivity contribution in [1.82, 2.24) is 10.2 Å². The number of benzodiazepines with no additional fused rings is 1. The number of hydrogen-bond donors (Lipinski definition) is 2. The van der Waals surface area contributed by atoms with E-state index in [4.69, 9.17) is 0 Å². The first-order chi connectivity index (χ1) is 20.4. The lowest BCUT2D eigenvalue weighted by Gasteiger charge is -2.29. The van der Waals surface area contributed by atoms with Gasteiger partial charge in [-0.2, -0.15) is 0 Å². The van der Waals surface area contributed by atoms with Gasteiger partial charge in [0.25, 0.3) is 5.91 Å². The van der Waals surface area contributed by atoms with Crippen molar-refractivity contribution in [3.63, 3.8) is 0 Å². The number of halogens is 1. The minimum atomic E-state index is -1.40. The fourth-order valence-corrected chi connectivity index (χ4v) is 6.28. The van der Waals surface area contributed by atoms with Crippen LogP contribution in [0.25, 0.3) is 0 Å². The fourth-order valence-electron chi connectivity index (χ4n) is 6.28. The molecule has 0 spiro atoms. The molecule has 3 aromatic rings. The number of nitrogens with one attached hydrogen (secondary N) is 2. The van der Waals surface area contributed by atoms with Gasteiger partial charge in [-0.15, -0.1) is 0 Å². The summed E-state index contributed by atoms with van der Waals surface area (Å²) in [7, 11) is 0. The normalized spacial score (nSPS) is 21.6. The summed E-state index contributed by atoms with van der Waals surface area (Å²) in [5, 5.41) is 5.46. The number of aryl methyl sites for hydroxylation is 1. The molecule has 3 fully saturated rings. The van der Waals surface area contributed by atoms with E-state index < -0.39 is 23.9 Å². The molecule has 2 saturated heterocycles. The molecule has 7 rings (SSSR count). The Kier molecular flexibility index (Phi) is 7.73. The lowest BCUT2D eigenvalue weighted by Crippen LogP contribution is -2.52. The van der Waals surface area contributed by atoms with Crippen molar-refractivity contribution >= 4 is 34.9 Å². The number of para-hydroxylation sites is 2. The third kappa shape index (κ3) is 5.64. The highest BCUT2D eigenvalue weighted by molar-refractivity contribution is 6.21. The maximum atomic E-state index is 15.1. The SMILES string of the molecule is Cc1ccccc1NC(=O)NC1N=C(c2ccccc2F)c2ccccc2N(CC(=O)N2CC3CCC(CC3)C2)C1=O. The standard InChI is InChI=1S/C33H34FN5O3/c1-21-8-2-6-12-27(21)35-33(42)37-31-32(41)39(20-29(40)38-18-22-14-15-23(19-38)17-16-22)28-13-7-4-10-25(28)30(36-31)24-9-3-5-11-26(24)34/h2-13,22-23,31H,14-20H2,1H3,(H2,35,37,42). The first kappa shape index (κ1) is 27.6. The smallest absolute Gasteiger partial charge is 0.321 e. The molecule has 42 heavy (non-hydrogen) atoms. The van der Waals surface area contributed by atoms with Gasteiger partial charge < -0.3 is 15.5 Å². The molecule has 3 aliphatic heterocycles. The van der Waals surface area contributed by atoms with E-state index in [1.165, 1.54) is 11.0 Å². The maximum absolute atomic E-state index is 15.1. The highest BCUT2D eigenvalue weighted by atomic mass is 19.1. The van der Waals surface area contributed by atoms with Crippen molar-refractivity contribution in [3.8, 4) is 0 Å². The monoisotopic (exact) mass is 567 g/mol. The van der Waals surface area contributed by atoms with E-state index in [1.54, 1.807) is 54.6 Å². The number of rotatable bonds is 5. The fraction of sp³-hybridized carbons (Fsp3) is 0.333. The molecule has 3 heterocycles. The van der Waals surface area contributed by atoms with Crippen LogP contribution in [0.3, 0.4) is 0 Å². The number of hydrogen-bond acceptors (Lipinski definition) is 4. The quantitative estimate of drug-likeness (QED) is 0.449. The number of aliphatic imine (C=N–C) groups is 1. The number of benzene rings is 3. The van der Waals surface area contributed by atoms with Gasteiger partial charge in [0.2, 0.25) is 12.1 Å². The van der Waals surface area contributed by atoms with Gasteiger partial charge in [0, 0.05) is 29.9 Å². The van der Waals surface area contributed by atoms with Gasteiger partial charge in [0.1, 0.15) is 12.4 Å². The second-order valence-electron chi connectivity index (χ2n) is 11.4. The summed E-state index contributed by atoms with van der Waals surface area (Å²) in [5.74, 6) is -0.258. The number of fused-ring (bicyclic) bond motifs is 5. The number of carbonyl (C=O) groups is 3. The van der Waals surface area contributed by atoms with E-state index in [0.29, 0.717) is 41.9 Å². The minimum Gasteiger partial charge on any atom is -0.341 e. The Labute approximate surface area is 244 Å². The van der Waals surface area contributed by atoms with Crippen LogP contribution in [-0.2, 0) is 9.59 Å². The zero-order valence-corrected chi connectivity index (χ0v) is 23.6. The Bertz CT molecular complexity index is 1530. The molecule has 1 atom stereocenters. The first-order valence-corrected chi connectivity index (χ1v) is 14.5. The number of anilines is 2. The van der Waals surface area contributed by atoms with E-state index in [2.05, 4.69) is 15.6 Å². The van der Waals surface area contributed by atoms with Crippen LogP contribution >= 0.6 is 0 Å². The largest absolute Gasteiger partial charge is 0.341 e. The summed E-state index contributed by atoms with van der Waals surface area (Å²) < 4.78 is 15.1. The lowest BCUT2D eigenvalue weighted by atomic mass is 9.84. The molecule has 1 unspecified atom stereocenters. The first-order valence-electron chi connectivity index (χ1n) is 14.5. The maximum Gasteiger partial charge on any atom is 0.321 e. The van der Waals surface area contributed by atoms with Crippen LogP contribution in [-0.4, -0.2) is 54.3 Å². The Morgan fingerprint density at radius 3 is 2.19 bits per heavy atom. The average Bonchev–Trinajstić information content (AvgIpc) is 3.38. The number of nitrogens with zero attached hydrogens (tertiary/aromatic N) is 3. The summed E-state index contributed by atoms with van der Waals surface area (Å²) >= 11 is 0. The van der Waals surface area contributed by atoms with Crippen LogP contribution in [0.5, 0.6) is 0 Å². The number of amides is 4. The second kappa shape index (κ2) is 11.8. The molecular formula is C33H34FN5O3. The van der Waals surface area contributed by atoms with E-state index in [-0.39, 0.29) is 23.7 Å². The zero-order valence-electron chi connectivity index (χ0n) is 23.6. The summed E-state index contributed by atoms with van der Waals surface area (Å²) in [4.78, 5) is 49.0. The van der Waals surface area contributed by atoms with E-state index in [1.807, 2.05) is 24.0 Å². The van der Waals surface area contributed by atoms with Gasteiger partial charge in [-0.25, -0.2) is 14.2 Å². The van der Waals surface area contributed by atoms with Crippen molar-refractivity contribution < 1.29 is 18.8 Å². The van der Waals surface area contributed by atoms with Gasteiger partial charge in [0.05, 0.1) is 11.4 Å². The van der Waals surface area contributed by atoms with Crippen LogP contribution in [0.4, 0.5) is 20.6 Å². The van der Waals surface area contributed by atoms with Crippen molar-refractivity contribution in [3.05, 3.63) is 95.3 Å². The van der Waals surface area contributed by atoms with Crippen LogP contribution in [0.2, 0.25) is 0 Å². The number of carbonyl (C=O) groups excluding carboxylic acids is 3. The molecular weight excluding hydrogens is 533 g/mol. The molecule has 2 bridgehead atoms. The van der Waals surface area contributed by atoms with Crippen LogP contribution < -0.4 is 15.5 Å². The number of urea groups is 1. The molecule has 216 valence electrons.